The summed E-state index contributed by atoms with van der Waals surface area (Å²) in [5.41, 5.74) is 1.03. The predicted octanol–water partition coefficient (Wildman–Crippen LogP) is 3.95. The van der Waals surface area contributed by atoms with Gasteiger partial charge in [0.1, 0.15) is 5.02 Å². The molecule has 0 radical (unpaired) electrons. The van der Waals surface area contributed by atoms with Crippen molar-refractivity contribution in [2.75, 3.05) is 6.54 Å². The molecule has 1 unspecified atom stereocenters. The molecule has 1 atom stereocenters. The Hall–Kier alpha value is -2.04. The van der Waals surface area contributed by atoms with Crippen molar-refractivity contribution in [2.45, 2.75) is 13.0 Å². The number of esters is 1. The minimum Gasteiger partial charge on any atom is -0.425 e. The first kappa shape index (κ1) is 16.8. The quantitative estimate of drug-likeness (QED) is 0.610. The fourth-order valence-electron chi connectivity index (χ4n) is 2.64. The lowest BCUT2D eigenvalue weighted by atomic mass is 10.1. The van der Waals surface area contributed by atoms with Crippen LogP contribution in [0.1, 0.15) is 12.0 Å². The van der Waals surface area contributed by atoms with Gasteiger partial charge >= 0.3 is 5.97 Å². The fraction of sp³-hybridized carbons (Fsp3) is 0.222. The van der Waals surface area contributed by atoms with Gasteiger partial charge in [0.25, 0.3) is 0 Å². The molecular weight excluding hydrogens is 349 g/mol. The Kier molecular flexibility index (Phi) is 5.07. The van der Waals surface area contributed by atoms with E-state index < -0.39 is 11.9 Å². The van der Waals surface area contributed by atoms with Gasteiger partial charge in [-0.25, -0.2) is 0 Å². The van der Waals surface area contributed by atoms with Crippen molar-refractivity contribution < 1.29 is 14.3 Å². The van der Waals surface area contributed by atoms with Gasteiger partial charge in [-0.05, 0) is 17.7 Å². The molecular formula is C18H15Cl2NO3. The van der Waals surface area contributed by atoms with Crippen LogP contribution in [0.15, 0.2) is 48.5 Å². The zero-order valence-corrected chi connectivity index (χ0v) is 14.3. The second-order valence-corrected chi connectivity index (χ2v) is 6.42. The highest BCUT2D eigenvalue weighted by Gasteiger charge is 2.35. The molecule has 0 spiro atoms. The summed E-state index contributed by atoms with van der Waals surface area (Å²) in [6.07, 6.45) is 0.143. The van der Waals surface area contributed by atoms with Crippen LogP contribution in [-0.2, 0) is 16.1 Å². The Morgan fingerprint density at radius 1 is 1.12 bits per heavy atom. The number of carbonyl (C=O) groups is 2. The Balaban J connectivity index is 1.64. The largest absolute Gasteiger partial charge is 0.425 e. The lowest BCUT2D eigenvalue weighted by Crippen LogP contribution is -2.27. The van der Waals surface area contributed by atoms with Crippen LogP contribution in [0.4, 0.5) is 0 Å². The van der Waals surface area contributed by atoms with Crippen molar-refractivity contribution in [1.29, 1.82) is 0 Å². The third-order valence-electron chi connectivity index (χ3n) is 3.89. The van der Waals surface area contributed by atoms with E-state index in [1.807, 2.05) is 30.3 Å². The molecule has 4 nitrogen and oxygen atoms in total. The predicted molar refractivity (Wildman–Crippen MR) is 92.1 cm³/mol. The van der Waals surface area contributed by atoms with Crippen LogP contribution in [-0.4, -0.2) is 23.3 Å². The average Bonchev–Trinajstić information content (AvgIpc) is 2.94. The lowest BCUT2D eigenvalue weighted by molar-refractivity contribution is -0.139. The van der Waals surface area contributed by atoms with Gasteiger partial charge in [-0.2, -0.15) is 0 Å². The zero-order valence-electron chi connectivity index (χ0n) is 12.7. The van der Waals surface area contributed by atoms with Crippen LogP contribution in [0.25, 0.3) is 0 Å². The molecule has 6 heteroatoms. The Bertz CT molecular complexity index is 764. The molecule has 24 heavy (non-hydrogen) atoms. The van der Waals surface area contributed by atoms with Gasteiger partial charge in [-0.3, -0.25) is 9.59 Å². The fourth-order valence-corrected chi connectivity index (χ4v) is 2.97. The van der Waals surface area contributed by atoms with Crippen molar-refractivity contribution in [3.63, 3.8) is 0 Å². The van der Waals surface area contributed by atoms with E-state index in [2.05, 4.69) is 0 Å². The topological polar surface area (TPSA) is 46.6 Å². The maximum atomic E-state index is 12.3. The molecule has 0 saturated carbocycles. The SMILES string of the molecule is O=C(Oc1cccc(Cl)c1Cl)C1CC(=O)N(Cc2ccccc2)C1. The molecule has 1 heterocycles. The van der Waals surface area contributed by atoms with Gasteiger partial charge < -0.3 is 9.64 Å². The van der Waals surface area contributed by atoms with E-state index in [4.69, 9.17) is 27.9 Å². The number of halogens is 2. The number of nitrogens with zero attached hydrogens (tertiary/aromatic N) is 1. The first-order valence-corrected chi connectivity index (χ1v) is 8.27. The van der Waals surface area contributed by atoms with Crippen LogP contribution in [0, 0.1) is 5.92 Å². The summed E-state index contributed by atoms with van der Waals surface area (Å²) in [5.74, 6) is -0.819. The molecule has 2 aromatic carbocycles. The molecule has 1 amide bonds. The number of carbonyl (C=O) groups excluding carboxylic acids is 2. The van der Waals surface area contributed by atoms with Crippen molar-refractivity contribution in [2.24, 2.45) is 5.92 Å². The van der Waals surface area contributed by atoms with E-state index in [9.17, 15) is 9.59 Å². The zero-order chi connectivity index (χ0) is 17.1. The summed E-state index contributed by atoms with van der Waals surface area (Å²) in [5, 5.41) is 0.508. The smallest absolute Gasteiger partial charge is 0.316 e. The molecule has 2 aromatic rings. The molecule has 1 aliphatic rings. The maximum Gasteiger partial charge on any atom is 0.316 e. The minimum atomic E-state index is -0.503. The molecule has 0 aliphatic carbocycles. The maximum absolute atomic E-state index is 12.3. The molecule has 0 aromatic heterocycles. The van der Waals surface area contributed by atoms with Crippen LogP contribution in [0.3, 0.4) is 0 Å². The summed E-state index contributed by atoms with van der Waals surface area (Å²) < 4.78 is 5.32. The monoisotopic (exact) mass is 363 g/mol. The van der Waals surface area contributed by atoms with E-state index in [1.54, 1.807) is 23.1 Å². The van der Waals surface area contributed by atoms with Crippen LogP contribution in [0.5, 0.6) is 5.75 Å². The van der Waals surface area contributed by atoms with Gasteiger partial charge in [-0.1, -0.05) is 59.6 Å². The van der Waals surface area contributed by atoms with Gasteiger partial charge in [0.2, 0.25) is 5.91 Å². The normalized spacial score (nSPS) is 17.2. The van der Waals surface area contributed by atoms with Crippen LogP contribution < -0.4 is 4.74 Å². The van der Waals surface area contributed by atoms with Gasteiger partial charge in [0.15, 0.2) is 5.75 Å². The van der Waals surface area contributed by atoms with Gasteiger partial charge in [-0.15, -0.1) is 0 Å². The standard InChI is InChI=1S/C18H15Cl2NO3/c19-14-7-4-8-15(17(14)20)24-18(23)13-9-16(22)21(11-13)10-12-5-2-1-3-6-12/h1-8,13H,9-11H2. The van der Waals surface area contributed by atoms with Gasteiger partial charge in [0, 0.05) is 19.5 Å². The first-order chi connectivity index (χ1) is 11.5. The molecule has 0 bridgehead atoms. The number of ether oxygens (including phenoxy) is 1. The molecule has 0 N–H and O–H groups in total. The highest BCUT2D eigenvalue weighted by molar-refractivity contribution is 6.43. The first-order valence-electron chi connectivity index (χ1n) is 7.52. The summed E-state index contributed by atoms with van der Waals surface area (Å²) in [7, 11) is 0. The van der Waals surface area contributed by atoms with Crippen molar-refractivity contribution in [3.8, 4) is 5.75 Å². The van der Waals surface area contributed by atoms with Crippen LogP contribution in [0.2, 0.25) is 10.0 Å². The molecule has 1 aliphatic heterocycles. The molecule has 1 saturated heterocycles. The summed E-state index contributed by atoms with van der Waals surface area (Å²) in [6, 6.07) is 14.5. The number of hydrogen-bond donors (Lipinski definition) is 0. The average molecular weight is 364 g/mol. The second-order valence-electron chi connectivity index (χ2n) is 5.63. The second kappa shape index (κ2) is 7.24. The summed E-state index contributed by atoms with van der Waals surface area (Å²) >= 11 is 11.9. The van der Waals surface area contributed by atoms with E-state index in [-0.39, 0.29) is 23.1 Å². The summed E-state index contributed by atoms with van der Waals surface area (Å²) in [6.45, 7) is 0.826. The number of likely N-dealkylation sites (tertiary alicyclic amines) is 1. The van der Waals surface area contributed by atoms with Gasteiger partial charge in [0.05, 0.1) is 10.9 Å². The number of amides is 1. The highest BCUT2D eigenvalue weighted by atomic mass is 35.5. The lowest BCUT2D eigenvalue weighted by Gasteiger charge is -2.16. The van der Waals surface area contributed by atoms with E-state index in [1.165, 1.54) is 0 Å². The Morgan fingerprint density at radius 3 is 2.62 bits per heavy atom. The summed E-state index contributed by atoms with van der Waals surface area (Å²) in [4.78, 5) is 26.1. The van der Waals surface area contributed by atoms with Crippen LogP contribution >= 0.6 is 23.2 Å². The molecule has 1 fully saturated rings. The Morgan fingerprint density at radius 2 is 1.88 bits per heavy atom. The number of benzene rings is 2. The van der Waals surface area contributed by atoms with Crippen molar-refractivity contribution in [1.82, 2.24) is 4.90 Å². The van der Waals surface area contributed by atoms with E-state index in [0.717, 1.165) is 5.56 Å². The van der Waals surface area contributed by atoms with E-state index >= 15 is 0 Å². The number of hydrogen-bond acceptors (Lipinski definition) is 3. The van der Waals surface area contributed by atoms with Crippen molar-refractivity contribution >= 4 is 35.1 Å². The molecule has 124 valence electrons. The molecule has 3 rings (SSSR count). The number of rotatable bonds is 4. The minimum absolute atomic E-state index is 0.0574. The van der Waals surface area contributed by atoms with E-state index in [0.29, 0.717) is 18.1 Å². The third-order valence-corrected chi connectivity index (χ3v) is 4.69. The van der Waals surface area contributed by atoms with Crippen molar-refractivity contribution in [3.05, 3.63) is 64.1 Å². The third kappa shape index (κ3) is 3.71. The highest BCUT2D eigenvalue weighted by Crippen LogP contribution is 2.32. The Labute approximate surface area is 149 Å².